The summed E-state index contributed by atoms with van der Waals surface area (Å²) in [4.78, 5) is 0. The monoisotopic (exact) mass is 244 g/mol. The Balaban J connectivity index is 1.50. The van der Waals surface area contributed by atoms with Crippen LogP contribution in [0.15, 0.2) is 0 Å². The van der Waals surface area contributed by atoms with E-state index in [9.17, 15) is 0 Å². The minimum absolute atomic E-state index is 0.958. The van der Waals surface area contributed by atoms with Crippen molar-refractivity contribution in [3.63, 3.8) is 0 Å². The molecule has 0 amide bonds. The molecule has 0 aromatic carbocycles. The van der Waals surface area contributed by atoms with Crippen LogP contribution in [0.3, 0.4) is 0 Å². The van der Waals surface area contributed by atoms with Crippen molar-refractivity contribution < 1.29 is 0 Å². The second-order valence-electron chi connectivity index (χ2n) is 8.78. The third-order valence-corrected chi connectivity index (χ3v) is 8.30. The molecular formula is C18H28. The van der Waals surface area contributed by atoms with Gasteiger partial charge in [-0.25, -0.2) is 0 Å². The first-order chi connectivity index (χ1) is 8.75. The highest BCUT2D eigenvalue weighted by Gasteiger charge is 2.67. The highest BCUT2D eigenvalue weighted by molar-refractivity contribution is 5.15. The highest BCUT2D eigenvalue weighted by atomic mass is 14.7. The third kappa shape index (κ3) is 1.07. The first kappa shape index (κ1) is 10.7. The summed E-state index contributed by atoms with van der Waals surface area (Å²) in [6.07, 6.45) is 9.72. The highest BCUT2D eigenvalue weighted by Crippen LogP contribution is 2.74. The van der Waals surface area contributed by atoms with Gasteiger partial charge in [-0.2, -0.15) is 0 Å². The molecule has 18 heavy (non-hydrogen) atoms. The molecule has 0 aliphatic heterocycles. The fourth-order valence-corrected chi connectivity index (χ4v) is 8.14. The van der Waals surface area contributed by atoms with E-state index in [1.807, 2.05) is 0 Å². The SMILES string of the molecule is CC(C)C1CC2CC1C1C3CC(C4CCCC43)C21. The quantitative estimate of drug-likeness (QED) is 0.591. The second kappa shape index (κ2) is 3.36. The van der Waals surface area contributed by atoms with Gasteiger partial charge in [0.15, 0.2) is 0 Å². The van der Waals surface area contributed by atoms with Gasteiger partial charge < -0.3 is 0 Å². The van der Waals surface area contributed by atoms with Gasteiger partial charge in [0, 0.05) is 0 Å². The lowest BCUT2D eigenvalue weighted by molar-refractivity contribution is 0.0343. The lowest BCUT2D eigenvalue weighted by atomic mass is 9.61. The summed E-state index contributed by atoms with van der Waals surface area (Å²) >= 11 is 0. The molecule has 5 rings (SSSR count). The molecule has 0 spiro atoms. The number of hydrogen-bond acceptors (Lipinski definition) is 0. The van der Waals surface area contributed by atoms with Crippen molar-refractivity contribution in [3.8, 4) is 0 Å². The van der Waals surface area contributed by atoms with Gasteiger partial charge in [0.2, 0.25) is 0 Å². The minimum atomic E-state index is 0.958. The zero-order valence-corrected chi connectivity index (χ0v) is 12.0. The van der Waals surface area contributed by atoms with Crippen molar-refractivity contribution in [3.05, 3.63) is 0 Å². The van der Waals surface area contributed by atoms with Crippen LogP contribution in [-0.4, -0.2) is 0 Å². The van der Waals surface area contributed by atoms with E-state index < -0.39 is 0 Å². The Bertz CT molecular complexity index is 366. The van der Waals surface area contributed by atoms with Crippen LogP contribution in [-0.2, 0) is 0 Å². The molecule has 5 fully saturated rings. The van der Waals surface area contributed by atoms with Crippen LogP contribution in [0.5, 0.6) is 0 Å². The van der Waals surface area contributed by atoms with E-state index in [1.165, 1.54) is 41.4 Å². The molecular weight excluding hydrogens is 216 g/mol. The summed E-state index contributed by atoms with van der Waals surface area (Å²) in [5.41, 5.74) is 0. The normalized spacial score (nSPS) is 63.8. The molecule has 0 N–H and O–H groups in total. The number of hydrogen-bond donors (Lipinski definition) is 0. The molecule has 0 heterocycles. The molecule has 0 aromatic heterocycles. The van der Waals surface area contributed by atoms with Gasteiger partial charge in [-0.1, -0.05) is 20.3 Å². The van der Waals surface area contributed by atoms with Gasteiger partial charge in [-0.3, -0.25) is 0 Å². The molecule has 4 bridgehead atoms. The van der Waals surface area contributed by atoms with E-state index >= 15 is 0 Å². The molecule has 0 heteroatoms. The van der Waals surface area contributed by atoms with Crippen LogP contribution >= 0.6 is 0 Å². The van der Waals surface area contributed by atoms with E-state index in [2.05, 4.69) is 13.8 Å². The molecule has 0 radical (unpaired) electrons. The van der Waals surface area contributed by atoms with Crippen molar-refractivity contribution in [1.82, 2.24) is 0 Å². The maximum Gasteiger partial charge on any atom is -0.0318 e. The summed E-state index contributed by atoms with van der Waals surface area (Å²) in [7, 11) is 0. The summed E-state index contributed by atoms with van der Waals surface area (Å²) < 4.78 is 0. The average molecular weight is 244 g/mol. The Morgan fingerprint density at radius 1 is 0.722 bits per heavy atom. The predicted octanol–water partition coefficient (Wildman–Crippen LogP) is 4.60. The van der Waals surface area contributed by atoms with E-state index in [0.717, 1.165) is 17.8 Å². The first-order valence-electron chi connectivity index (χ1n) is 8.75. The van der Waals surface area contributed by atoms with Gasteiger partial charge >= 0.3 is 0 Å². The Kier molecular flexibility index (Phi) is 2.01. The maximum absolute atomic E-state index is 2.49. The van der Waals surface area contributed by atoms with Gasteiger partial charge in [0.1, 0.15) is 0 Å². The third-order valence-electron chi connectivity index (χ3n) is 8.30. The first-order valence-corrected chi connectivity index (χ1v) is 8.75. The molecule has 5 saturated carbocycles. The largest absolute Gasteiger partial charge is 0.0625 e. The van der Waals surface area contributed by atoms with Gasteiger partial charge in [-0.05, 0) is 91.3 Å². The van der Waals surface area contributed by atoms with E-state index in [-0.39, 0.29) is 0 Å². The summed E-state index contributed by atoms with van der Waals surface area (Å²) in [6, 6.07) is 0. The van der Waals surface area contributed by atoms with Crippen LogP contribution in [0.25, 0.3) is 0 Å². The summed E-state index contributed by atoms with van der Waals surface area (Å²) in [5.74, 6) is 11.6. The van der Waals surface area contributed by atoms with Gasteiger partial charge in [0.05, 0.1) is 0 Å². The van der Waals surface area contributed by atoms with E-state index in [0.29, 0.717) is 0 Å². The maximum atomic E-state index is 2.49. The molecule has 5 aliphatic carbocycles. The molecule has 5 aliphatic rings. The second-order valence-corrected chi connectivity index (χ2v) is 8.78. The number of fused-ring (bicyclic) bond motifs is 12. The fourth-order valence-electron chi connectivity index (χ4n) is 8.14. The van der Waals surface area contributed by atoms with E-state index in [1.54, 1.807) is 38.5 Å². The summed E-state index contributed by atoms with van der Waals surface area (Å²) in [6.45, 7) is 4.98. The fraction of sp³-hybridized carbons (Fsp3) is 1.00. The molecule has 100 valence electrons. The predicted molar refractivity (Wildman–Crippen MR) is 74.0 cm³/mol. The topological polar surface area (TPSA) is 0 Å². The van der Waals surface area contributed by atoms with Gasteiger partial charge in [0.25, 0.3) is 0 Å². The van der Waals surface area contributed by atoms with Crippen molar-refractivity contribution in [2.24, 2.45) is 59.2 Å². The van der Waals surface area contributed by atoms with Crippen molar-refractivity contribution >= 4 is 0 Å². The molecule has 9 unspecified atom stereocenters. The lowest BCUT2D eigenvalue weighted by Crippen LogP contribution is -2.39. The van der Waals surface area contributed by atoms with Crippen LogP contribution < -0.4 is 0 Å². The molecule has 9 atom stereocenters. The zero-order valence-electron chi connectivity index (χ0n) is 12.0. The Morgan fingerprint density at radius 3 is 2.17 bits per heavy atom. The Morgan fingerprint density at radius 2 is 1.44 bits per heavy atom. The van der Waals surface area contributed by atoms with E-state index in [4.69, 9.17) is 0 Å². The Hall–Kier alpha value is 0. The molecule has 0 aromatic rings. The average Bonchev–Trinajstić information content (AvgIpc) is 3.11. The van der Waals surface area contributed by atoms with Crippen LogP contribution in [0.2, 0.25) is 0 Å². The summed E-state index contributed by atoms with van der Waals surface area (Å²) in [5, 5.41) is 0. The number of rotatable bonds is 1. The Labute approximate surface area is 112 Å². The minimum Gasteiger partial charge on any atom is -0.0625 e. The standard InChI is InChI=1S/C18H28/c1-9(2)13-6-10-7-14(13)18-16-8-15(17(10)18)11-4-3-5-12(11)16/h9-18H,3-8H2,1-2H3. The van der Waals surface area contributed by atoms with Crippen molar-refractivity contribution in [2.75, 3.05) is 0 Å². The molecule has 0 nitrogen and oxygen atoms in total. The van der Waals surface area contributed by atoms with Crippen LogP contribution in [0.1, 0.15) is 52.4 Å². The van der Waals surface area contributed by atoms with Crippen molar-refractivity contribution in [1.29, 1.82) is 0 Å². The zero-order chi connectivity index (χ0) is 12.0. The molecule has 0 saturated heterocycles. The van der Waals surface area contributed by atoms with Crippen LogP contribution in [0, 0.1) is 59.2 Å². The van der Waals surface area contributed by atoms with Crippen molar-refractivity contribution in [2.45, 2.75) is 52.4 Å². The smallest absolute Gasteiger partial charge is 0.0318 e. The van der Waals surface area contributed by atoms with Gasteiger partial charge in [-0.15, -0.1) is 0 Å². The lowest BCUT2D eigenvalue weighted by Gasteiger charge is -2.44. The van der Waals surface area contributed by atoms with Crippen LogP contribution in [0.4, 0.5) is 0 Å².